The van der Waals surface area contributed by atoms with Crippen LogP contribution in [-0.4, -0.2) is 27.1 Å². The van der Waals surface area contributed by atoms with E-state index in [-0.39, 0.29) is 12.4 Å². The van der Waals surface area contributed by atoms with E-state index in [1.165, 1.54) is 0 Å². The maximum absolute atomic E-state index is 11.8. The van der Waals surface area contributed by atoms with Gasteiger partial charge < -0.3 is 13.7 Å². The lowest BCUT2D eigenvalue weighted by molar-refractivity contribution is -0.141. The minimum atomic E-state index is -0.392. The van der Waals surface area contributed by atoms with Gasteiger partial charge in [-0.15, -0.1) is 10.2 Å². The number of thioether (sulfide) groups is 1. The first-order valence-corrected chi connectivity index (χ1v) is 8.69. The molecule has 0 aliphatic rings. The molecular formula is C16H14ClN3O4S. The molecule has 0 N–H and O–H groups in total. The lowest BCUT2D eigenvalue weighted by Crippen LogP contribution is -2.08. The van der Waals surface area contributed by atoms with Gasteiger partial charge in [0.15, 0.2) is 0 Å². The van der Waals surface area contributed by atoms with Crippen molar-refractivity contribution in [3.8, 4) is 11.5 Å². The van der Waals surface area contributed by atoms with Gasteiger partial charge in [0.1, 0.15) is 18.1 Å². The second-order valence-corrected chi connectivity index (χ2v) is 6.50. The largest absolute Gasteiger partial charge is 0.460 e. The summed E-state index contributed by atoms with van der Waals surface area (Å²) in [6.07, 6.45) is 0. The van der Waals surface area contributed by atoms with Crippen LogP contribution in [0, 0.1) is 13.8 Å². The van der Waals surface area contributed by atoms with Crippen molar-refractivity contribution in [3.63, 3.8) is 0 Å². The molecule has 0 bridgehead atoms. The molecule has 0 saturated carbocycles. The molecule has 2 heterocycles. The number of aryl methyl sites for hydroxylation is 2. The second-order valence-electron chi connectivity index (χ2n) is 5.13. The fourth-order valence-corrected chi connectivity index (χ4v) is 2.69. The van der Waals surface area contributed by atoms with Gasteiger partial charge in [0.25, 0.3) is 5.22 Å². The number of benzene rings is 1. The maximum Gasteiger partial charge on any atom is 0.316 e. The lowest BCUT2D eigenvalue weighted by Gasteiger charge is -2.02. The predicted molar refractivity (Wildman–Crippen MR) is 91.2 cm³/mol. The molecule has 2 aromatic heterocycles. The molecule has 0 spiro atoms. The zero-order valence-corrected chi connectivity index (χ0v) is 15.1. The van der Waals surface area contributed by atoms with Crippen LogP contribution in [0.5, 0.6) is 0 Å². The monoisotopic (exact) mass is 379 g/mol. The van der Waals surface area contributed by atoms with Gasteiger partial charge in [0.2, 0.25) is 5.89 Å². The van der Waals surface area contributed by atoms with Crippen LogP contribution in [0.15, 0.2) is 38.4 Å². The smallest absolute Gasteiger partial charge is 0.316 e. The second kappa shape index (κ2) is 7.71. The minimum absolute atomic E-state index is 0.0611. The molecule has 25 heavy (non-hydrogen) atoms. The summed E-state index contributed by atoms with van der Waals surface area (Å²) in [5.41, 5.74) is 2.24. The predicted octanol–water partition coefficient (Wildman–Crippen LogP) is 3.83. The molecule has 0 radical (unpaired) electrons. The summed E-state index contributed by atoms with van der Waals surface area (Å²) in [5, 5.41) is 12.6. The van der Waals surface area contributed by atoms with Gasteiger partial charge in [0.05, 0.1) is 11.3 Å². The molecule has 3 aromatic rings. The molecule has 0 atom stereocenters. The topological polar surface area (TPSA) is 91.2 Å². The zero-order chi connectivity index (χ0) is 17.8. The number of halogens is 1. The Bertz CT molecular complexity index is 856. The molecule has 0 aliphatic heterocycles. The Balaban J connectivity index is 1.52. The average molecular weight is 380 g/mol. The summed E-state index contributed by atoms with van der Waals surface area (Å²) in [4.78, 5) is 11.8. The molecule has 7 nitrogen and oxygen atoms in total. The summed E-state index contributed by atoms with van der Waals surface area (Å²) >= 11 is 6.96. The van der Waals surface area contributed by atoms with Crippen LogP contribution in [0.3, 0.4) is 0 Å². The molecule has 0 unspecified atom stereocenters. The number of carbonyl (C=O) groups is 1. The summed E-state index contributed by atoms with van der Waals surface area (Å²) in [7, 11) is 0. The molecule has 0 saturated heterocycles. The Hall–Kier alpha value is -2.32. The van der Waals surface area contributed by atoms with E-state index in [1.54, 1.807) is 38.1 Å². The van der Waals surface area contributed by atoms with E-state index < -0.39 is 5.97 Å². The molecule has 3 rings (SSSR count). The van der Waals surface area contributed by atoms with Crippen LogP contribution in [0.4, 0.5) is 0 Å². The van der Waals surface area contributed by atoms with Crippen molar-refractivity contribution in [2.24, 2.45) is 0 Å². The van der Waals surface area contributed by atoms with Crippen LogP contribution in [-0.2, 0) is 16.1 Å². The highest BCUT2D eigenvalue weighted by Gasteiger charge is 2.14. The highest BCUT2D eigenvalue weighted by molar-refractivity contribution is 7.99. The zero-order valence-electron chi connectivity index (χ0n) is 13.5. The van der Waals surface area contributed by atoms with Gasteiger partial charge >= 0.3 is 5.97 Å². The van der Waals surface area contributed by atoms with E-state index in [9.17, 15) is 4.79 Å². The van der Waals surface area contributed by atoms with Crippen LogP contribution in [0.25, 0.3) is 11.5 Å². The number of nitrogens with zero attached hydrogens (tertiary/aromatic N) is 3. The summed E-state index contributed by atoms with van der Waals surface area (Å²) < 4.78 is 15.7. The molecule has 130 valence electrons. The van der Waals surface area contributed by atoms with E-state index in [0.29, 0.717) is 27.6 Å². The van der Waals surface area contributed by atoms with Gasteiger partial charge in [0, 0.05) is 10.6 Å². The van der Waals surface area contributed by atoms with Crippen LogP contribution in [0.2, 0.25) is 5.02 Å². The fourth-order valence-electron chi connectivity index (χ4n) is 2.00. The van der Waals surface area contributed by atoms with Crippen molar-refractivity contribution in [2.75, 3.05) is 5.75 Å². The fraction of sp³-hybridized carbons (Fsp3) is 0.250. The normalized spacial score (nSPS) is 10.8. The van der Waals surface area contributed by atoms with E-state index in [1.807, 2.05) is 0 Å². The summed E-state index contributed by atoms with van der Waals surface area (Å²) in [6, 6.07) is 7.03. The summed E-state index contributed by atoms with van der Waals surface area (Å²) in [6.45, 7) is 3.69. The molecule has 1 aromatic carbocycles. The number of ether oxygens (including phenoxy) is 1. The summed E-state index contributed by atoms with van der Waals surface area (Å²) in [5.74, 6) is 0.674. The molecule has 9 heteroatoms. The Kier molecular flexibility index (Phi) is 5.40. The third-order valence-corrected chi connectivity index (χ3v) is 4.41. The molecular weight excluding hydrogens is 366 g/mol. The number of rotatable bonds is 6. The van der Waals surface area contributed by atoms with E-state index in [4.69, 9.17) is 25.3 Å². The van der Waals surface area contributed by atoms with E-state index in [0.717, 1.165) is 22.9 Å². The van der Waals surface area contributed by atoms with Gasteiger partial charge in [-0.05, 0) is 38.1 Å². The third kappa shape index (κ3) is 4.40. The first-order chi connectivity index (χ1) is 12.0. The molecule has 0 fully saturated rings. The van der Waals surface area contributed by atoms with Crippen molar-refractivity contribution >= 4 is 29.3 Å². The Morgan fingerprint density at radius 3 is 2.68 bits per heavy atom. The average Bonchev–Trinajstić information content (AvgIpc) is 3.19. The number of carbonyl (C=O) groups excluding carboxylic acids is 1. The van der Waals surface area contributed by atoms with Gasteiger partial charge in [-0.25, -0.2) is 0 Å². The van der Waals surface area contributed by atoms with Crippen molar-refractivity contribution in [2.45, 2.75) is 25.7 Å². The van der Waals surface area contributed by atoms with E-state index in [2.05, 4.69) is 15.4 Å². The highest BCUT2D eigenvalue weighted by Crippen LogP contribution is 2.24. The van der Waals surface area contributed by atoms with Crippen molar-refractivity contribution in [1.82, 2.24) is 15.4 Å². The van der Waals surface area contributed by atoms with Crippen molar-refractivity contribution in [1.29, 1.82) is 0 Å². The Morgan fingerprint density at radius 2 is 2.00 bits per heavy atom. The lowest BCUT2D eigenvalue weighted by atomic mass is 10.2. The van der Waals surface area contributed by atoms with Crippen LogP contribution >= 0.6 is 23.4 Å². The van der Waals surface area contributed by atoms with Crippen molar-refractivity contribution in [3.05, 3.63) is 46.3 Å². The Labute approximate surface area is 152 Å². The van der Waals surface area contributed by atoms with E-state index >= 15 is 0 Å². The third-order valence-electron chi connectivity index (χ3n) is 3.37. The van der Waals surface area contributed by atoms with Gasteiger partial charge in [-0.1, -0.05) is 28.5 Å². The van der Waals surface area contributed by atoms with Crippen molar-refractivity contribution < 1.29 is 18.5 Å². The van der Waals surface area contributed by atoms with Crippen LogP contribution < -0.4 is 0 Å². The maximum atomic E-state index is 11.8. The van der Waals surface area contributed by atoms with Gasteiger partial charge in [-0.2, -0.15) is 0 Å². The number of hydrogen-bond acceptors (Lipinski definition) is 8. The minimum Gasteiger partial charge on any atom is -0.460 e. The van der Waals surface area contributed by atoms with Gasteiger partial charge in [-0.3, -0.25) is 4.79 Å². The molecule has 0 amide bonds. The molecule has 0 aliphatic carbocycles. The highest BCUT2D eigenvalue weighted by atomic mass is 35.5. The van der Waals surface area contributed by atoms with Crippen LogP contribution in [0.1, 0.15) is 17.0 Å². The number of esters is 1. The number of aromatic nitrogens is 3. The quantitative estimate of drug-likeness (QED) is 0.471. The SMILES string of the molecule is Cc1noc(C)c1COC(=O)CSc1nnc(-c2ccc(Cl)cc2)o1. The Morgan fingerprint density at radius 1 is 1.24 bits per heavy atom. The first kappa shape index (κ1) is 17.5. The standard InChI is InChI=1S/C16H14ClN3O4S/c1-9-13(10(2)24-20-9)7-22-14(21)8-25-16-19-18-15(23-16)11-3-5-12(17)6-4-11/h3-6H,7-8H2,1-2H3. The number of hydrogen-bond donors (Lipinski definition) is 0. The first-order valence-electron chi connectivity index (χ1n) is 7.32.